The van der Waals surface area contributed by atoms with Crippen LogP contribution < -0.4 is 10.3 Å². The highest BCUT2D eigenvalue weighted by Crippen LogP contribution is 2.33. The second-order valence-electron chi connectivity index (χ2n) is 3.55. The molecule has 0 saturated carbocycles. The molecule has 0 bridgehead atoms. The van der Waals surface area contributed by atoms with Crippen LogP contribution in [0.2, 0.25) is 0 Å². The predicted molar refractivity (Wildman–Crippen MR) is 64.1 cm³/mol. The van der Waals surface area contributed by atoms with Gasteiger partial charge in [-0.15, -0.1) is 0 Å². The maximum absolute atomic E-state index is 11.7. The van der Waals surface area contributed by atoms with Crippen LogP contribution in [0.3, 0.4) is 0 Å². The SMILES string of the molecule is COC(=O)c1c(O)c2c(OC)cccc2[nH]c1=O. The molecule has 1 heterocycles. The number of fused-ring (bicyclic) bond motifs is 1. The number of hydrogen-bond acceptors (Lipinski definition) is 5. The van der Waals surface area contributed by atoms with Gasteiger partial charge >= 0.3 is 5.97 Å². The first kappa shape index (κ1) is 12.0. The highest BCUT2D eigenvalue weighted by molar-refractivity contribution is 6.01. The molecule has 0 fully saturated rings. The van der Waals surface area contributed by atoms with Crippen molar-refractivity contribution < 1.29 is 19.4 Å². The molecular weight excluding hydrogens is 238 g/mol. The molecule has 2 aromatic rings. The molecule has 2 N–H and O–H groups in total. The zero-order valence-electron chi connectivity index (χ0n) is 9.81. The van der Waals surface area contributed by atoms with Crippen LogP contribution in [0, 0.1) is 0 Å². The zero-order chi connectivity index (χ0) is 13.3. The molecule has 1 aromatic carbocycles. The van der Waals surface area contributed by atoms with E-state index in [-0.39, 0.29) is 5.39 Å². The van der Waals surface area contributed by atoms with Gasteiger partial charge in [0.05, 0.1) is 25.1 Å². The van der Waals surface area contributed by atoms with Crippen LogP contribution in [-0.4, -0.2) is 30.3 Å². The number of rotatable bonds is 2. The lowest BCUT2D eigenvalue weighted by Crippen LogP contribution is -2.19. The van der Waals surface area contributed by atoms with Crippen molar-refractivity contribution in [1.29, 1.82) is 0 Å². The third kappa shape index (κ3) is 1.67. The van der Waals surface area contributed by atoms with Gasteiger partial charge in [0.1, 0.15) is 11.5 Å². The van der Waals surface area contributed by atoms with E-state index in [2.05, 4.69) is 9.72 Å². The van der Waals surface area contributed by atoms with Crippen LogP contribution in [0.25, 0.3) is 10.9 Å². The standard InChI is InChI=1S/C12H11NO5/c1-17-7-5-3-4-6-8(7)10(14)9(11(15)13-6)12(16)18-2/h3-5H,1-2H3,(H2,13,14,15). The first-order valence-electron chi connectivity index (χ1n) is 5.10. The van der Waals surface area contributed by atoms with Crippen molar-refractivity contribution in [1.82, 2.24) is 4.98 Å². The number of carbonyl (C=O) groups excluding carboxylic acids is 1. The predicted octanol–water partition coefficient (Wildman–Crippen LogP) is 1.03. The smallest absolute Gasteiger partial charge is 0.347 e. The van der Waals surface area contributed by atoms with Crippen LogP contribution in [-0.2, 0) is 4.74 Å². The molecule has 0 aliphatic carbocycles. The second kappa shape index (κ2) is 4.40. The highest BCUT2D eigenvalue weighted by atomic mass is 16.5. The molecule has 94 valence electrons. The number of nitrogens with one attached hydrogen (secondary N) is 1. The van der Waals surface area contributed by atoms with E-state index < -0.39 is 22.8 Å². The highest BCUT2D eigenvalue weighted by Gasteiger charge is 2.21. The van der Waals surface area contributed by atoms with E-state index in [4.69, 9.17) is 4.74 Å². The largest absolute Gasteiger partial charge is 0.506 e. The molecule has 0 saturated heterocycles. The third-order valence-electron chi connectivity index (χ3n) is 2.58. The number of aromatic hydroxyl groups is 1. The average molecular weight is 249 g/mol. The van der Waals surface area contributed by atoms with Crippen LogP contribution >= 0.6 is 0 Å². The minimum atomic E-state index is -0.901. The number of aromatic nitrogens is 1. The minimum Gasteiger partial charge on any atom is -0.506 e. The van der Waals surface area contributed by atoms with Gasteiger partial charge in [0.25, 0.3) is 5.56 Å². The lowest BCUT2D eigenvalue weighted by molar-refractivity contribution is 0.0595. The van der Waals surface area contributed by atoms with Gasteiger partial charge in [0.2, 0.25) is 0 Å². The first-order valence-corrected chi connectivity index (χ1v) is 5.10. The van der Waals surface area contributed by atoms with Crippen molar-refractivity contribution in [3.63, 3.8) is 0 Å². The lowest BCUT2D eigenvalue weighted by atomic mass is 10.1. The van der Waals surface area contributed by atoms with Crippen molar-refractivity contribution in [2.45, 2.75) is 0 Å². The van der Waals surface area contributed by atoms with Gasteiger partial charge in [-0.2, -0.15) is 0 Å². The van der Waals surface area contributed by atoms with Crippen LogP contribution in [0.1, 0.15) is 10.4 Å². The van der Waals surface area contributed by atoms with Gasteiger partial charge in [-0.05, 0) is 12.1 Å². The Morgan fingerprint density at radius 1 is 1.33 bits per heavy atom. The Morgan fingerprint density at radius 2 is 2.06 bits per heavy atom. The van der Waals surface area contributed by atoms with E-state index in [0.717, 1.165) is 7.11 Å². The number of benzene rings is 1. The monoisotopic (exact) mass is 249 g/mol. The number of hydrogen-bond donors (Lipinski definition) is 2. The first-order chi connectivity index (χ1) is 8.60. The molecule has 18 heavy (non-hydrogen) atoms. The van der Waals surface area contributed by atoms with E-state index in [1.165, 1.54) is 7.11 Å². The summed E-state index contributed by atoms with van der Waals surface area (Å²) in [7, 11) is 2.56. The topological polar surface area (TPSA) is 88.6 Å². The summed E-state index contributed by atoms with van der Waals surface area (Å²) in [5.74, 6) is -0.994. The Bertz CT molecular complexity index is 674. The Morgan fingerprint density at radius 3 is 2.67 bits per heavy atom. The van der Waals surface area contributed by atoms with Crippen LogP contribution in [0.4, 0.5) is 0 Å². The number of carbonyl (C=O) groups is 1. The fourth-order valence-electron chi connectivity index (χ4n) is 1.76. The zero-order valence-corrected chi connectivity index (χ0v) is 9.81. The number of aromatic amines is 1. The van der Waals surface area contributed by atoms with Gasteiger partial charge in [-0.25, -0.2) is 4.79 Å². The maximum Gasteiger partial charge on any atom is 0.347 e. The Kier molecular flexibility index (Phi) is 2.93. The molecule has 6 heteroatoms. The van der Waals surface area contributed by atoms with E-state index >= 15 is 0 Å². The molecule has 1 aromatic heterocycles. The average Bonchev–Trinajstić information content (AvgIpc) is 2.37. The Balaban J connectivity index is 2.91. The molecule has 0 aliphatic rings. The van der Waals surface area contributed by atoms with E-state index in [1.54, 1.807) is 18.2 Å². The van der Waals surface area contributed by atoms with Gasteiger partial charge in [0, 0.05) is 0 Å². The molecule has 0 amide bonds. The van der Waals surface area contributed by atoms with Crippen molar-refractivity contribution in [3.05, 3.63) is 34.1 Å². The summed E-state index contributed by atoms with van der Waals surface area (Å²) >= 11 is 0. The number of pyridine rings is 1. The summed E-state index contributed by atoms with van der Waals surface area (Å²) in [5, 5.41) is 10.3. The van der Waals surface area contributed by atoms with E-state index in [0.29, 0.717) is 11.3 Å². The number of methoxy groups -OCH3 is 2. The normalized spacial score (nSPS) is 10.3. The molecule has 6 nitrogen and oxygen atoms in total. The minimum absolute atomic E-state index is 0.264. The number of H-pyrrole nitrogens is 1. The van der Waals surface area contributed by atoms with E-state index in [9.17, 15) is 14.7 Å². The second-order valence-corrected chi connectivity index (χ2v) is 3.55. The van der Waals surface area contributed by atoms with Gasteiger partial charge in [-0.3, -0.25) is 4.79 Å². The molecule has 0 spiro atoms. The summed E-state index contributed by atoms with van der Waals surface area (Å²) < 4.78 is 9.54. The summed E-state index contributed by atoms with van der Waals surface area (Å²) in [4.78, 5) is 25.6. The molecule has 0 aliphatic heterocycles. The molecular formula is C12H11NO5. The van der Waals surface area contributed by atoms with E-state index in [1.807, 2.05) is 0 Å². The number of ether oxygens (including phenoxy) is 2. The molecule has 0 radical (unpaired) electrons. The Labute approximate surface area is 102 Å². The Hall–Kier alpha value is -2.50. The van der Waals surface area contributed by atoms with Crippen LogP contribution in [0.15, 0.2) is 23.0 Å². The van der Waals surface area contributed by atoms with Gasteiger partial charge in [0.15, 0.2) is 5.56 Å². The molecule has 0 unspecified atom stereocenters. The molecule has 2 rings (SSSR count). The maximum atomic E-state index is 11.7. The lowest BCUT2D eigenvalue weighted by Gasteiger charge is -2.09. The quantitative estimate of drug-likeness (QED) is 0.776. The van der Waals surface area contributed by atoms with Crippen molar-refractivity contribution >= 4 is 16.9 Å². The third-order valence-corrected chi connectivity index (χ3v) is 2.58. The van der Waals surface area contributed by atoms with Crippen LogP contribution in [0.5, 0.6) is 11.5 Å². The summed E-state index contributed by atoms with van der Waals surface area (Å²) in [6.45, 7) is 0. The van der Waals surface area contributed by atoms with Crippen molar-refractivity contribution in [3.8, 4) is 11.5 Å². The van der Waals surface area contributed by atoms with Crippen molar-refractivity contribution in [2.75, 3.05) is 14.2 Å². The fourth-order valence-corrected chi connectivity index (χ4v) is 1.76. The summed E-state index contributed by atoms with van der Waals surface area (Å²) in [5.41, 5.74) is -0.765. The van der Waals surface area contributed by atoms with Crippen molar-refractivity contribution in [2.24, 2.45) is 0 Å². The van der Waals surface area contributed by atoms with Gasteiger partial charge in [-0.1, -0.05) is 6.07 Å². The number of esters is 1. The summed E-state index contributed by atoms with van der Waals surface area (Å²) in [6.07, 6.45) is 0. The molecule has 0 atom stereocenters. The fraction of sp³-hybridized carbons (Fsp3) is 0.167. The summed E-state index contributed by atoms with van der Waals surface area (Å²) in [6, 6.07) is 4.87. The van der Waals surface area contributed by atoms with Gasteiger partial charge < -0.3 is 19.6 Å².